The molecule has 0 bridgehead atoms. The van der Waals surface area contributed by atoms with Crippen LogP contribution < -0.4 is 10.5 Å². The van der Waals surface area contributed by atoms with E-state index in [4.69, 9.17) is 10.5 Å². The number of hydrogen-bond donors (Lipinski definition) is 2. The third kappa shape index (κ3) is 2.74. The summed E-state index contributed by atoms with van der Waals surface area (Å²) >= 11 is 0. The molecule has 0 fully saturated rings. The van der Waals surface area contributed by atoms with E-state index in [0.717, 1.165) is 12.0 Å². The van der Waals surface area contributed by atoms with E-state index in [-0.39, 0.29) is 11.4 Å². The van der Waals surface area contributed by atoms with Gasteiger partial charge in [-0.2, -0.15) is 0 Å². The third-order valence-corrected chi connectivity index (χ3v) is 2.87. The van der Waals surface area contributed by atoms with Crippen LogP contribution in [0.2, 0.25) is 0 Å². The van der Waals surface area contributed by atoms with Crippen LogP contribution in [0.3, 0.4) is 0 Å². The highest BCUT2D eigenvalue weighted by molar-refractivity contribution is 5.61. The minimum Gasteiger partial charge on any atom is -0.506 e. The average molecular weight is 243 g/mol. The highest BCUT2D eigenvalue weighted by Gasteiger charge is 2.04. The van der Waals surface area contributed by atoms with Gasteiger partial charge in [0, 0.05) is 0 Å². The molecule has 0 heterocycles. The summed E-state index contributed by atoms with van der Waals surface area (Å²) in [5.41, 5.74) is 8.38. The van der Waals surface area contributed by atoms with Crippen LogP contribution in [0.25, 0.3) is 0 Å². The fourth-order valence-corrected chi connectivity index (χ4v) is 1.69. The lowest BCUT2D eigenvalue weighted by Gasteiger charge is -2.10. The zero-order valence-corrected chi connectivity index (χ0v) is 10.4. The standard InChI is InChI=1S/C15H17NO2/c1-2-11-6-8-12(9-7-11)10-18-14-5-3-4-13(17)15(14)16/h3-9,17H,2,10,16H2,1H3. The second-order valence-corrected chi connectivity index (χ2v) is 4.15. The lowest BCUT2D eigenvalue weighted by Crippen LogP contribution is -1.99. The molecule has 0 aliphatic heterocycles. The van der Waals surface area contributed by atoms with E-state index in [1.165, 1.54) is 11.6 Å². The number of benzene rings is 2. The molecule has 0 aliphatic rings. The lowest BCUT2D eigenvalue weighted by atomic mass is 10.1. The minimum absolute atomic E-state index is 0.0498. The SMILES string of the molecule is CCc1ccc(COc2cccc(O)c2N)cc1. The Morgan fingerprint density at radius 3 is 2.39 bits per heavy atom. The van der Waals surface area contributed by atoms with Crippen LogP contribution in [-0.4, -0.2) is 5.11 Å². The van der Waals surface area contributed by atoms with Crippen molar-refractivity contribution in [2.24, 2.45) is 0 Å². The van der Waals surface area contributed by atoms with Crippen molar-refractivity contribution in [2.45, 2.75) is 20.0 Å². The summed E-state index contributed by atoms with van der Waals surface area (Å²) in [6.45, 7) is 2.57. The van der Waals surface area contributed by atoms with E-state index in [1.54, 1.807) is 12.1 Å². The van der Waals surface area contributed by atoms with Crippen LogP contribution in [0.5, 0.6) is 11.5 Å². The Bertz CT molecular complexity index is 521. The molecule has 0 spiro atoms. The van der Waals surface area contributed by atoms with E-state index < -0.39 is 0 Å². The highest BCUT2D eigenvalue weighted by atomic mass is 16.5. The number of aryl methyl sites for hydroxylation is 1. The van der Waals surface area contributed by atoms with Crippen molar-refractivity contribution in [1.82, 2.24) is 0 Å². The molecule has 2 aromatic carbocycles. The maximum Gasteiger partial charge on any atom is 0.146 e. The summed E-state index contributed by atoms with van der Waals surface area (Å²) < 4.78 is 5.59. The van der Waals surface area contributed by atoms with Gasteiger partial charge in [0.05, 0.1) is 0 Å². The molecule has 0 saturated carbocycles. The number of nitrogen functional groups attached to an aromatic ring is 1. The number of aromatic hydroxyl groups is 1. The maximum absolute atomic E-state index is 9.46. The molecule has 18 heavy (non-hydrogen) atoms. The molecule has 3 N–H and O–H groups in total. The summed E-state index contributed by atoms with van der Waals surface area (Å²) in [7, 11) is 0. The number of hydrogen-bond acceptors (Lipinski definition) is 3. The van der Waals surface area contributed by atoms with Crippen LogP contribution in [0.1, 0.15) is 18.1 Å². The first-order valence-electron chi connectivity index (χ1n) is 5.98. The molecule has 2 rings (SSSR count). The fraction of sp³-hybridized carbons (Fsp3) is 0.200. The molecule has 0 amide bonds. The number of nitrogens with two attached hydrogens (primary N) is 1. The smallest absolute Gasteiger partial charge is 0.146 e. The Labute approximate surface area is 107 Å². The lowest BCUT2D eigenvalue weighted by molar-refractivity contribution is 0.306. The van der Waals surface area contributed by atoms with Gasteiger partial charge in [-0.1, -0.05) is 37.3 Å². The Kier molecular flexibility index (Phi) is 3.72. The summed E-state index contributed by atoms with van der Waals surface area (Å²) in [5, 5.41) is 9.46. The van der Waals surface area contributed by atoms with E-state index in [1.807, 2.05) is 12.1 Å². The molecular formula is C15H17NO2. The van der Waals surface area contributed by atoms with Crippen molar-refractivity contribution in [3.63, 3.8) is 0 Å². The zero-order valence-electron chi connectivity index (χ0n) is 10.4. The van der Waals surface area contributed by atoms with Gasteiger partial charge in [-0.3, -0.25) is 0 Å². The summed E-state index contributed by atoms with van der Waals surface area (Å²) in [4.78, 5) is 0. The Balaban J connectivity index is 2.04. The summed E-state index contributed by atoms with van der Waals surface area (Å²) in [6, 6.07) is 13.2. The highest BCUT2D eigenvalue weighted by Crippen LogP contribution is 2.30. The van der Waals surface area contributed by atoms with Gasteiger partial charge in [0.2, 0.25) is 0 Å². The molecule has 3 heteroatoms. The average Bonchev–Trinajstić information content (AvgIpc) is 2.41. The Hall–Kier alpha value is -2.16. The number of para-hydroxylation sites is 1. The number of anilines is 1. The minimum atomic E-state index is 0.0498. The normalized spacial score (nSPS) is 10.3. The van der Waals surface area contributed by atoms with Gasteiger partial charge < -0.3 is 15.6 Å². The number of phenolic OH excluding ortho intramolecular Hbond substituents is 1. The van der Waals surface area contributed by atoms with Crippen LogP contribution >= 0.6 is 0 Å². The van der Waals surface area contributed by atoms with E-state index in [0.29, 0.717) is 12.4 Å². The molecule has 0 aromatic heterocycles. The van der Waals surface area contributed by atoms with Crippen LogP contribution in [0.15, 0.2) is 42.5 Å². The Morgan fingerprint density at radius 1 is 1.06 bits per heavy atom. The molecule has 94 valence electrons. The van der Waals surface area contributed by atoms with Crippen molar-refractivity contribution in [2.75, 3.05) is 5.73 Å². The topological polar surface area (TPSA) is 55.5 Å². The summed E-state index contributed by atoms with van der Waals surface area (Å²) in [6.07, 6.45) is 1.03. The van der Waals surface area contributed by atoms with Crippen molar-refractivity contribution >= 4 is 5.69 Å². The molecule has 0 radical (unpaired) electrons. The number of rotatable bonds is 4. The molecule has 0 atom stereocenters. The maximum atomic E-state index is 9.46. The van der Waals surface area contributed by atoms with Crippen LogP contribution in [0.4, 0.5) is 5.69 Å². The monoisotopic (exact) mass is 243 g/mol. The second kappa shape index (κ2) is 5.45. The van der Waals surface area contributed by atoms with Crippen molar-refractivity contribution < 1.29 is 9.84 Å². The predicted molar refractivity (Wildman–Crippen MR) is 72.7 cm³/mol. The quantitative estimate of drug-likeness (QED) is 0.640. The van der Waals surface area contributed by atoms with Gasteiger partial charge >= 0.3 is 0 Å². The fourth-order valence-electron chi connectivity index (χ4n) is 1.69. The molecule has 0 saturated heterocycles. The first kappa shape index (κ1) is 12.3. The molecule has 2 aromatic rings. The van der Waals surface area contributed by atoms with E-state index in [2.05, 4.69) is 19.1 Å². The van der Waals surface area contributed by atoms with E-state index >= 15 is 0 Å². The van der Waals surface area contributed by atoms with Crippen LogP contribution in [0, 0.1) is 0 Å². The van der Waals surface area contributed by atoms with Gasteiger partial charge in [0.25, 0.3) is 0 Å². The molecule has 0 aliphatic carbocycles. The van der Waals surface area contributed by atoms with Gasteiger partial charge in [-0.05, 0) is 29.7 Å². The summed E-state index contributed by atoms with van der Waals surface area (Å²) in [5.74, 6) is 0.559. The largest absolute Gasteiger partial charge is 0.506 e. The molecule has 0 unspecified atom stereocenters. The number of ether oxygens (including phenoxy) is 1. The molecular weight excluding hydrogens is 226 g/mol. The number of phenols is 1. The van der Waals surface area contributed by atoms with Crippen molar-refractivity contribution in [3.8, 4) is 11.5 Å². The van der Waals surface area contributed by atoms with Gasteiger partial charge in [-0.15, -0.1) is 0 Å². The first-order chi connectivity index (χ1) is 8.70. The molecule has 3 nitrogen and oxygen atoms in total. The van der Waals surface area contributed by atoms with Crippen molar-refractivity contribution in [3.05, 3.63) is 53.6 Å². The predicted octanol–water partition coefficient (Wildman–Crippen LogP) is 3.12. The zero-order chi connectivity index (χ0) is 13.0. The van der Waals surface area contributed by atoms with Crippen molar-refractivity contribution in [1.29, 1.82) is 0 Å². The third-order valence-electron chi connectivity index (χ3n) is 2.87. The van der Waals surface area contributed by atoms with Gasteiger partial charge in [0.15, 0.2) is 0 Å². The van der Waals surface area contributed by atoms with Gasteiger partial charge in [0.1, 0.15) is 23.8 Å². The van der Waals surface area contributed by atoms with Gasteiger partial charge in [-0.25, -0.2) is 0 Å². The van der Waals surface area contributed by atoms with Crippen LogP contribution in [-0.2, 0) is 13.0 Å². The Morgan fingerprint density at radius 2 is 1.72 bits per heavy atom. The van der Waals surface area contributed by atoms with E-state index in [9.17, 15) is 5.11 Å². The first-order valence-corrected chi connectivity index (χ1v) is 5.98. The second-order valence-electron chi connectivity index (χ2n) is 4.15.